The fourth-order valence-electron chi connectivity index (χ4n) is 5.35. The van der Waals surface area contributed by atoms with Crippen LogP contribution in [0.15, 0.2) is 24.4 Å². The highest BCUT2D eigenvalue weighted by Crippen LogP contribution is 2.36. The molecule has 0 saturated carbocycles. The molecule has 0 aliphatic carbocycles. The van der Waals surface area contributed by atoms with E-state index in [1.807, 2.05) is 20.8 Å². The van der Waals surface area contributed by atoms with Crippen molar-refractivity contribution in [3.8, 4) is 5.75 Å². The summed E-state index contributed by atoms with van der Waals surface area (Å²) in [5, 5.41) is 6.42. The minimum atomic E-state index is -0.415. The maximum absolute atomic E-state index is 13.2. The number of benzene rings is 1. The first kappa shape index (κ1) is 30.5. The molecule has 2 aliphatic rings. The number of anilines is 4. The summed E-state index contributed by atoms with van der Waals surface area (Å²) < 4.78 is 11.1. The van der Waals surface area contributed by atoms with Crippen LogP contribution >= 0.6 is 0 Å². The molecule has 4 rings (SSSR count). The van der Waals surface area contributed by atoms with Crippen molar-refractivity contribution in [2.24, 2.45) is 5.92 Å². The molecular formula is C30H45N7O4. The lowest BCUT2D eigenvalue weighted by molar-refractivity contribution is -0.120. The Morgan fingerprint density at radius 1 is 1.24 bits per heavy atom. The molecule has 2 aliphatic heterocycles. The standard InChI is InChI=1S/C30H45N7O4/c1-8-23-28(39)35(6)24-18-31-29(33-26(24)37(23)12-11-20(2)3)32-22-10-9-21(17-25(22)40-7)27(38)34-30(4,5)19-36-13-15-41-16-14-36/h9-10,17-18,20,23H,8,11-16,19H2,1-7H3,(H,34,38)(H,31,32,33)/t23-/m1/s1. The van der Waals surface area contributed by atoms with Crippen molar-refractivity contribution < 1.29 is 19.1 Å². The zero-order valence-electron chi connectivity index (χ0n) is 25.5. The van der Waals surface area contributed by atoms with Crippen molar-refractivity contribution in [3.05, 3.63) is 30.0 Å². The quantitative estimate of drug-likeness (QED) is 0.420. The van der Waals surface area contributed by atoms with Gasteiger partial charge < -0.3 is 29.9 Å². The van der Waals surface area contributed by atoms with Gasteiger partial charge in [0.05, 0.1) is 32.2 Å². The lowest BCUT2D eigenvalue weighted by Gasteiger charge is -2.40. The van der Waals surface area contributed by atoms with Gasteiger partial charge in [-0.1, -0.05) is 20.8 Å². The molecule has 224 valence electrons. The van der Waals surface area contributed by atoms with Crippen molar-refractivity contribution >= 4 is 35.0 Å². The fraction of sp³-hybridized carbons (Fsp3) is 0.600. The number of aromatic nitrogens is 2. The summed E-state index contributed by atoms with van der Waals surface area (Å²) in [7, 11) is 3.34. The number of ether oxygens (including phenoxy) is 2. The van der Waals surface area contributed by atoms with Crippen molar-refractivity contribution in [2.75, 3.05) is 68.7 Å². The lowest BCUT2D eigenvalue weighted by Crippen LogP contribution is -2.53. The number of fused-ring (bicyclic) bond motifs is 1. The molecule has 11 heteroatoms. The van der Waals surface area contributed by atoms with Gasteiger partial charge in [-0.3, -0.25) is 14.5 Å². The first-order valence-corrected chi connectivity index (χ1v) is 14.5. The van der Waals surface area contributed by atoms with Gasteiger partial charge in [0.1, 0.15) is 17.5 Å². The van der Waals surface area contributed by atoms with Crippen LogP contribution in [0.25, 0.3) is 0 Å². The second-order valence-corrected chi connectivity index (χ2v) is 11.9. The van der Waals surface area contributed by atoms with Crippen LogP contribution in [0.4, 0.5) is 23.1 Å². The summed E-state index contributed by atoms with van der Waals surface area (Å²) >= 11 is 0. The normalized spacial score (nSPS) is 18.0. The van der Waals surface area contributed by atoms with E-state index >= 15 is 0 Å². The van der Waals surface area contributed by atoms with E-state index in [2.05, 4.69) is 39.3 Å². The third kappa shape index (κ3) is 7.26. The van der Waals surface area contributed by atoms with Crippen LogP contribution in [0, 0.1) is 5.92 Å². The van der Waals surface area contributed by atoms with Crippen LogP contribution < -0.4 is 25.2 Å². The van der Waals surface area contributed by atoms with E-state index in [1.165, 1.54) is 0 Å². The minimum Gasteiger partial charge on any atom is -0.495 e. The molecule has 41 heavy (non-hydrogen) atoms. The van der Waals surface area contributed by atoms with Crippen LogP contribution in [0.3, 0.4) is 0 Å². The first-order valence-electron chi connectivity index (χ1n) is 14.5. The molecule has 1 aromatic carbocycles. The van der Waals surface area contributed by atoms with Crippen molar-refractivity contribution in [2.45, 2.75) is 59.0 Å². The second-order valence-electron chi connectivity index (χ2n) is 11.9. The summed E-state index contributed by atoms with van der Waals surface area (Å²) in [6.45, 7) is 15.0. The van der Waals surface area contributed by atoms with Gasteiger partial charge in [0.2, 0.25) is 11.9 Å². The predicted molar refractivity (Wildman–Crippen MR) is 161 cm³/mol. The summed E-state index contributed by atoms with van der Waals surface area (Å²) in [6.07, 6.45) is 3.32. The Kier molecular flexibility index (Phi) is 9.70. The van der Waals surface area contributed by atoms with E-state index in [0.29, 0.717) is 54.2 Å². The van der Waals surface area contributed by atoms with E-state index in [4.69, 9.17) is 14.5 Å². The van der Waals surface area contributed by atoms with Crippen LogP contribution in [0.1, 0.15) is 57.8 Å². The Balaban J connectivity index is 1.53. The van der Waals surface area contributed by atoms with Crippen LogP contribution in [0.5, 0.6) is 5.75 Å². The number of rotatable bonds is 11. The van der Waals surface area contributed by atoms with E-state index in [9.17, 15) is 9.59 Å². The Labute approximate surface area is 243 Å². The van der Waals surface area contributed by atoms with Gasteiger partial charge in [-0.05, 0) is 50.8 Å². The predicted octanol–water partition coefficient (Wildman–Crippen LogP) is 3.68. The number of hydrogen-bond acceptors (Lipinski definition) is 9. The molecule has 0 spiro atoms. The molecule has 2 N–H and O–H groups in total. The third-order valence-electron chi connectivity index (χ3n) is 7.59. The lowest BCUT2D eigenvalue weighted by atomic mass is 10.0. The molecule has 2 amide bonds. The minimum absolute atomic E-state index is 0.0525. The van der Waals surface area contributed by atoms with Crippen LogP contribution in [0.2, 0.25) is 0 Å². The maximum atomic E-state index is 13.2. The van der Waals surface area contributed by atoms with Gasteiger partial charge in [0.25, 0.3) is 5.91 Å². The highest BCUT2D eigenvalue weighted by molar-refractivity contribution is 6.04. The molecule has 2 aromatic rings. The highest BCUT2D eigenvalue weighted by atomic mass is 16.5. The van der Waals surface area contributed by atoms with E-state index in [-0.39, 0.29) is 17.9 Å². The van der Waals surface area contributed by atoms with E-state index in [0.717, 1.165) is 38.4 Å². The van der Waals surface area contributed by atoms with Crippen LogP contribution in [-0.2, 0) is 9.53 Å². The van der Waals surface area contributed by atoms with E-state index in [1.54, 1.807) is 43.5 Å². The largest absolute Gasteiger partial charge is 0.495 e. The number of nitrogens with zero attached hydrogens (tertiary/aromatic N) is 5. The third-order valence-corrected chi connectivity index (χ3v) is 7.59. The molecule has 0 radical (unpaired) electrons. The zero-order valence-corrected chi connectivity index (χ0v) is 25.5. The SMILES string of the molecule is CC[C@@H]1C(=O)N(C)c2cnc(Nc3ccc(C(=O)NC(C)(C)CN4CCOCC4)cc3OC)nc2N1CCC(C)C. The van der Waals surface area contributed by atoms with E-state index < -0.39 is 5.54 Å². The number of nitrogens with one attached hydrogen (secondary N) is 2. The number of hydrogen-bond donors (Lipinski definition) is 2. The molecule has 1 fully saturated rings. The van der Waals surface area contributed by atoms with Gasteiger partial charge in [0.15, 0.2) is 5.82 Å². The van der Waals surface area contributed by atoms with Crippen molar-refractivity contribution in [1.82, 2.24) is 20.2 Å². The molecule has 1 atom stereocenters. The number of methoxy groups -OCH3 is 1. The average molecular weight is 568 g/mol. The molecular weight excluding hydrogens is 522 g/mol. The number of carbonyl (C=O) groups excluding carboxylic acids is 2. The second kappa shape index (κ2) is 13.0. The molecule has 0 bridgehead atoms. The van der Waals surface area contributed by atoms with Gasteiger partial charge in [-0.25, -0.2) is 4.98 Å². The number of morpholine rings is 1. The van der Waals surface area contributed by atoms with Gasteiger partial charge in [0, 0.05) is 44.3 Å². The Hall–Kier alpha value is -3.44. The van der Waals surface area contributed by atoms with Crippen LogP contribution in [-0.4, -0.2) is 91.8 Å². The summed E-state index contributed by atoms with van der Waals surface area (Å²) in [6, 6.07) is 5.01. The maximum Gasteiger partial charge on any atom is 0.251 e. The molecule has 1 aromatic heterocycles. The molecule has 0 unspecified atom stereocenters. The Morgan fingerprint density at radius 3 is 2.63 bits per heavy atom. The Morgan fingerprint density at radius 2 is 1.98 bits per heavy atom. The summed E-state index contributed by atoms with van der Waals surface area (Å²) in [5.74, 6) is 2.00. The number of likely N-dealkylation sites (N-methyl/N-ethyl adjacent to an activating group) is 1. The van der Waals surface area contributed by atoms with Crippen molar-refractivity contribution in [3.63, 3.8) is 0 Å². The smallest absolute Gasteiger partial charge is 0.251 e. The molecule has 3 heterocycles. The summed E-state index contributed by atoms with van der Waals surface area (Å²) in [5.41, 5.74) is 1.41. The highest BCUT2D eigenvalue weighted by Gasteiger charge is 2.37. The zero-order chi connectivity index (χ0) is 29.7. The summed E-state index contributed by atoms with van der Waals surface area (Å²) in [4.78, 5) is 41.6. The Bertz CT molecular complexity index is 1230. The molecule has 11 nitrogen and oxygen atoms in total. The van der Waals surface area contributed by atoms with Gasteiger partial charge in [-0.2, -0.15) is 4.98 Å². The van der Waals surface area contributed by atoms with Gasteiger partial charge in [-0.15, -0.1) is 0 Å². The number of amides is 2. The average Bonchev–Trinajstić information content (AvgIpc) is 2.94. The topological polar surface area (TPSA) is 112 Å². The number of carbonyl (C=O) groups is 2. The van der Waals surface area contributed by atoms with Gasteiger partial charge >= 0.3 is 0 Å². The molecule has 1 saturated heterocycles. The first-order chi connectivity index (χ1) is 19.5. The van der Waals surface area contributed by atoms with Crippen molar-refractivity contribution in [1.29, 1.82) is 0 Å². The fourth-order valence-corrected chi connectivity index (χ4v) is 5.35. The monoisotopic (exact) mass is 567 g/mol.